The molecule has 0 fully saturated rings. The summed E-state index contributed by atoms with van der Waals surface area (Å²) in [5, 5.41) is 50.1. The van der Waals surface area contributed by atoms with Gasteiger partial charge in [-0.2, -0.15) is 0 Å². The highest BCUT2D eigenvalue weighted by Crippen LogP contribution is 2.18. The van der Waals surface area contributed by atoms with E-state index in [0.717, 1.165) is 0 Å². The molecule has 0 heterocycles. The SMILES string of the molecule is C=C(C)C(=O)O.C=C(C)C(=O)O.CCC(CO)(CO)CO.O=C(O)c1ccccc1. The van der Waals surface area contributed by atoms with Crippen molar-refractivity contribution in [3.63, 3.8) is 0 Å². The van der Waals surface area contributed by atoms with Crippen molar-refractivity contribution >= 4 is 17.9 Å². The molecule has 0 atom stereocenters. The van der Waals surface area contributed by atoms with Gasteiger partial charge in [0.2, 0.25) is 0 Å². The van der Waals surface area contributed by atoms with Crippen LogP contribution in [-0.2, 0) is 9.59 Å². The summed E-state index contributed by atoms with van der Waals surface area (Å²) >= 11 is 0. The summed E-state index contributed by atoms with van der Waals surface area (Å²) in [5.41, 5.74) is 0.0162. The molecule has 1 aromatic carbocycles. The van der Waals surface area contributed by atoms with Crippen molar-refractivity contribution < 1.29 is 45.0 Å². The highest BCUT2D eigenvalue weighted by Gasteiger charge is 2.24. The van der Waals surface area contributed by atoms with E-state index in [1.807, 2.05) is 6.92 Å². The fourth-order valence-electron chi connectivity index (χ4n) is 1.07. The minimum Gasteiger partial charge on any atom is -0.478 e. The molecule has 170 valence electrons. The monoisotopic (exact) mass is 428 g/mol. The lowest BCUT2D eigenvalue weighted by Crippen LogP contribution is -2.32. The molecule has 0 spiro atoms. The van der Waals surface area contributed by atoms with Crippen LogP contribution in [-0.4, -0.2) is 68.4 Å². The van der Waals surface area contributed by atoms with Crippen molar-refractivity contribution in [2.24, 2.45) is 5.41 Å². The summed E-state index contributed by atoms with van der Waals surface area (Å²) in [6.07, 6.45) is 0.594. The Kier molecular flexibility index (Phi) is 19.1. The van der Waals surface area contributed by atoms with Gasteiger partial charge < -0.3 is 30.6 Å². The Hall–Kier alpha value is -3.01. The van der Waals surface area contributed by atoms with Crippen LogP contribution < -0.4 is 0 Å². The number of hydrogen-bond donors (Lipinski definition) is 6. The maximum atomic E-state index is 10.2. The molecular formula is C21H32O9. The van der Waals surface area contributed by atoms with E-state index in [9.17, 15) is 14.4 Å². The van der Waals surface area contributed by atoms with Crippen molar-refractivity contribution in [1.82, 2.24) is 0 Å². The Labute approximate surface area is 176 Å². The van der Waals surface area contributed by atoms with Crippen LogP contribution in [0, 0.1) is 5.41 Å². The topological polar surface area (TPSA) is 173 Å². The van der Waals surface area contributed by atoms with Crippen molar-refractivity contribution in [1.29, 1.82) is 0 Å². The first kappa shape index (κ1) is 31.7. The molecule has 0 radical (unpaired) electrons. The standard InChI is InChI=1S/C7H6O2.C6H14O3.2C4H6O2/c8-7(9)6-4-2-1-3-5-6;1-2-6(3-7,4-8)5-9;2*1-3(2)4(5)6/h1-5H,(H,8,9);7-9H,2-5H2,1H3;2*1H2,2H3,(H,5,6). The summed E-state index contributed by atoms with van der Waals surface area (Å²) in [5.74, 6) is -2.75. The van der Waals surface area contributed by atoms with Crippen molar-refractivity contribution in [3.05, 3.63) is 60.2 Å². The second kappa shape index (κ2) is 18.0. The van der Waals surface area contributed by atoms with E-state index in [1.54, 1.807) is 30.3 Å². The van der Waals surface area contributed by atoms with Gasteiger partial charge in [-0.05, 0) is 32.4 Å². The van der Waals surface area contributed by atoms with Crippen LogP contribution in [0.3, 0.4) is 0 Å². The number of carboxylic acids is 3. The molecule has 6 N–H and O–H groups in total. The fraction of sp³-hybridized carbons (Fsp3) is 0.381. The smallest absolute Gasteiger partial charge is 0.335 e. The number of aliphatic hydroxyl groups excluding tert-OH is 3. The Morgan fingerprint density at radius 2 is 1.10 bits per heavy atom. The summed E-state index contributed by atoms with van der Waals surface area (Å²) in [6, 6.07) is 8.30. The molecule has 1 rings (SSSR count). The average Bonchev–Trinajstić information content (AvgIpc) is 2.72. The van der Waals surface area contributed by atoms with Gasteiger partial charge in [0.25, 0.3) is 0 Å². The number of aliphatic carboxylic acids is 2. The van der Waals surface area contributed by atoms with Crippen LogP contribution in [0.15, 0.2) is 54.6 Å². The lowest BCUT2D eigenvalue weighted by atomic mass is 9.88. The zero-order valence-corrected chi connectivity index (χ0v) is 17.5. The second-order valence-electron chi connectivity index (χ2n) is 6.17. The summed E-state index contributed by atoms with van der Waals surface area (Å²) in [4.78, 5) is 29.4. The van der Waals surface area contributed by atoms with Crippen LogP contribution in [0.4, 0.5) is 0 Å². The van der Waals surface area contributed by atoms with E-state index in [2.05, 4.69) is 13.2 Å². The predicted octanol–water partition coefficient (Wildman–Crippen LogP) is 2.04. The van der Waals surface area contributed by atoms with Gasteiger partial charge >= 0.3 is 17.9 Å². The van der Waals surface area contributed by atoms with Crippen LogP contribution in [0.2, 0.25) is 0 Å². The zero-order chi connectivity index (χ0) is 24.3. The normalized spacial score (nSPS) is 9.27. The molecule has 0 saturated carbocycles. The third-order valence-electron chi connectivity index (χ3n) is 3.51. The van der Waals surface area contributed by atoms with Crippen LogP contribution in [0.5, 0.6) is 0 Å². The minimum absolute atomic E-state index is 0.156. The van der Waals surface area contributed by atoms with Gasteiger partial charge in [-0.15, -0.1) is 0 Å². The minimum atomic E-state index is -0.935. The Bertz CT molecular complexity index is 597. The summed E-state index contributed by atoms with van der Waals surface area (Å²) in [7, 11) is 0. The average molecular weight is 428 g/mol. The lowest BCUT2D eigenvalue weighted by Gasteiger charge is -2.24. The number of aromatic carboxylic acids is 1. The predicted molar refractivity (Wildman–Crippen MR) is 112 cm³/mol. The largest absolute Gasteiger partial charge is 0.478 e. The molecule has 0 unspecified atom stereocenters. The maximum absolute atomic E-state index is 10.2. The molecular weight excluding hydrogens is 396 g/mol. The highest BCUT2D eigenvalue weighted by atomic mass is 16.4. The highest BCUT2D eigenvalue weighted by molar-refractivity contribution is 5.87. The van der Waals surface area contributed by atoms with Crippen molar-refractivity contribution in [2.45, 2.75) is 27.2 Å². The summed E-state index contributed by atoms with van der Waals surface area (Å²) < 4.78 is 0. The molecule has 0 aliphatic carbocycles. The third-order valence-corrected chi connectivity index (χ3v) is 3.51. The number of hydrogen-bond acceptors (Lipinski definition) is 6. The number of aliphatic hydroxyl groups is 3. The molecule has 0 saturated heterocycles. The maximum Gasteiger partial charge on any atom is 0.335 e. The van der Waals surface area contributed by atoms with Gasteiger partial charge in [0, 0.05) is 16.6 Å². The quantitative estimate of drug-likeness (QED) is 0.355. The Morgan fingerprint density at radius 3 is 1.20 bits per heavy atom. The Morgan fingerprint density at radius 1 is 0.800 bits per heavy atom. The molecule has 0 aliphatic rings. The summed E-state index contributed by atoms with van der Waals surface area (Å²) in [6.45, 7) is 10.6. The van der Waals surface area contributed by atoms with E-state index < -0.39 is 23.3 Å². The molecule has 9 nitrogen and oxygen atoms in total. The lowest BCUT2D eigenvalue weighted by molar-refractivity contribution is -0.133. The van der Waals surface area contributed by atoms with Crippen LogP contribution in [0.25, 0.3) is 0 Å². The molecule has 0 amide bonds. The van der Waals surface area contributed by atoms with Gasteiger partial charge in [0.1, 0.15) is 0 Å². The van der Waals surface area contributed by atoms with Crippen LogP contribution >= 0.6 is 0 Å². The fourth-order valence-corrected chi connectivity index (χ4v) is 1.07. The van der Waals surface area contributed by atoms with Crippen molar-refractivity contribution in [2.75, 3.05) is 19.8 Å². The second-order valence-corrected chi connectivity index (χ2v) is 6.17. The molecule has 9 heteroatoms. The van der Waals surface area contributed by atoms with E-state index in [-0.39, 0.29) is 31.0 Å². The molecule has 0 aliphatic heterocycles. The first-order chi connectivity index (χ1) is 13.8. The number of carboxylic acid groups (broad SMARTS) is 3. The molecule has 0 aromatic heterocycles. The van der Waals surface area contributed by atoms with Gasteiger partial charge in [-0.1, -0.05) is 38.3 Å². The van der Waals surface area contributed by atoms with Gasteiger partial charge in [0.15, 0.2) is 0 Å². The zero-order valence-electron chi connectivity index (χ0n) is 17.5. The van der Waals surface area contributed by atoms with E-state index in [4.69, 9.17) is 30.6 Å². The van der Waals surface area contributed by atoms with Gasteiger partial charge in [-0.3, -0.25) is 0 Å². The van der Waals surface area contributed by atoms with E-state index >= 15 is 0 Å². The molecule has 0 bridgehead atoms. The number of carbonyl (C=O) groups is 3. The molecule has 30 heavy (non-hydrogen) atoms. The van der Waals surface area contributed by atoms with Crippen LogP contribution in [0.1, 0.15) is 37.6 Å². The van der Waals surface area contributed by atoms with Gasteiger partial charge in [0.05, 0.1) is 25.4 Å². The molecule has 1 aromatic rings. The third kappa shape index (κ3) is 17.1. The number of benzene rings is 1. The van der Waals surface area contributed by atoms with E-state index in [1.165, 1.54) is 13.8 Å². The number of rotatable bonds is 7. The first-order valence-electron chi connectivity index (χ1n) is 8.72. The van der Waals surface area contributed by atoms with E-state index in [0.29, 0.717) is 12.0 Å². The Balaban J connectivity index is -0.000000331. The van der Waals surface area contributed by atoms with Crippen molar-refractivity contribution in [3.8, 4) is 0 Å². The van der Waals surface area contributed by atoms with Gasteiger partial charge in [-0.25, -0.2) is 14.4 Å². The first-order valence-corrected chi connectivity index (χ1v) is 8.72.